The molecule has 174 valence electrons. The number of amides is 1. The van der Waals surface area contributed by atoms with E-state index in [9.17, 15) is 9.59 Å². The average Bonchev–Trinajstić information content (AvgIpc) is 3.24. The fraction of sp³-hybridized carbons (Fsp3) is 0.346. The number of H-pyrrole nitrogens is 2. The lowest BCUT2D eigenvalue weighted by Crippen LogP contribution is -2.30. The van der Waals surface area contributed by atoms with E-state index in [0.29, 0.717) is 23.7 Å². The van der Waals surface area contributed by atoms with Crippen LogP contribution in [0.5, 0.6) is 5.75 Å². The Labute approximate surface area is 196 Å². The van der Waals surface area contributed by atoms with Crippen LogP contribution in [-0.2, 0) is 11.2 Å². The van der Waals surface area contributed by atoms with Gasteiger partial charge in [-0.05, 0) is 72.0 Å². The summed E-state index contributed by atoms with van der Waals surface area (Å²) in [6, 6.07) is 14.2. The minimum Gasteiger partial charge on any atom is -0.495 e. The Kier molecular flexibility index (Phi) is 5.01. The molecule has 1 saturated carbocycles. The molecular weight excluding hydrogens is 430 g/mol. The minimum absolute atomic E-state index is 0.239. The highest BCUT2D eigenvalue weighted by Gasteiger charge is 2.37. The summed E-state index contributed by atoms with van der Waals surface area (Å²) in [6.07, 6.45) is 5.53. The van der Waals surface area contributed by atoms with Crippen LogP contribution in [0.2, 0.25) is 0 Å². The zero-order valence-electron chi connectivity index (χ0n) is 19.1. The van der Waals surface area contributed by atoms with Gasteiger partial charge in [0.2, 0.25) is 5.91 Å². The van der Waals surface area contributed by atoms with Crippen molar-refractivity contribution in [3.63, 3.8) is 0 Å². The number of methoxy groups -OCH3 is 1. The second-order valence-corrected chi connectivity index (χ2v) is 9.36. The molecule has 1 atom stereocenters. The number of fused-ring (bicyclic) bond motifs is 1. The maximum atomic E-state index is 12.7. The summed E-state index contributed by atoms with van der Waals surface area (Å²) in [4.78, 5) is 30.4. The summed E-state index contributed by atoms with van der Waals surface area (Å²) in [6.45, 7) is 1.52. The van der Waals surface area contributed by atoms with E-state index in [1.54, 1.807) is 11.7 Å². The molecule has 8 nitrogen and oxygen atoms in total. The molecule has 2 N–H and O–H groups in total. The van der Waals surface area contributed by atoms with Crippen LogP contribution in [0.25, 0.3) is 27.7 Å². The van der Waals surface area contributed by atoms with E-state index >= 15 is 0 Å². The molecule has 8 heteroatoms. The Balaban J connectivity index is 1.28. The monoisotopic (exact) mass is 457 g/mol. The van der Waals surface area contributed by atoms with Crippen molar-refractivity contribution >= 4 is 16.8 Å². The van der Waals surface area contributed by atoms with Crippen molar-refractivity contribution in [2.75, 3.05) is 20.2 Å². The van der Waals surface area contributed by atoms with Crippen molar-refractivity contribution in [2.45, 2.75) is 25.7 Å². The third-order valence-corrected chi connectivity index (χ3v) is 7.04. The molecule has 0 radical (unpaired) electrons. The van der Waals surface area contributed by atoms with Gasteiger partial charge in [0.25, 0.3) is 0 Å². The Hall–Kier alpha value is -3.81. The topological polar surface area (TPSA) is 96.0 Å². The predicted octanol–water partition coefficient (Wildman–Crippen LogP) is 3.52. The van der Waals surface area contributed by atoms with Gasteiger partial charge in [-0.1, -0.05) is 12.1 Å². The minimum atomic E-state index is -0.293. The largest absolute Gasteiger partial charge is 0.495 e. The maximum Gasteiger partial charge on any atom is 0.348 e. The molecule has 6 rings (SSSR count). The zero-order valence-corrected chi connectivity index (χ0v) is 19.1. The maximum absolute atomic E-state index is 12.7. The van der Waals surface area contributed by atoms with Crippen LogP contribution in [0.4, 0.5) is 0 Å². The molecule has 2 aromatic heterocycles. The number of rotatable bonds is 6. The number of hydrogen-bond acceptors (Lipinski definition) is 4. The number of nitrogens with one attached hydrogen (secondary N) is 2. The van der Waals surface area contributed by atoms with Crippen molar-refractivity contribution in [1.29, 1.82) is 0 Å². The highest BCUT2D eigenvalue weighted by molar-refractivity contribution is 5.85. The van der Waals surface area contributed by atoms with Gasteiger partial charge in [0.1, 0.15) is 11.6 Å². The van der Waals surface area contributed by atoms with Gasteiger partial charge in [0, 0.05) is 37.1 Å². The number of carbonyl (C=O) groups excluding carboxylic acids is 1. The summed E-state index contributed by atoms with van der Waals surface area (Å²) in [5.74, 6) is 2.08. The Morgan fingerprint density at radius 1 is 1.12 bits per heavy atom. The summed E-state index contributed by atoms with van der Waals surface area (Å²) < 4.78 is 7.31. The van der Waals surface area contributed by atoms with Crippen molar-refractivity contribution < 1.29 is 9.53 Å². The molecular formula is C26H27N5O3. The number of ether oxygens (including phenoxy) is 1. The SMILES string of the molecule is COc1cc(-c2ccc3[nH]ccc3c2)ccc1-n1c(CC2CCN(C(=O)C3CC3)C2)n[nH]c1=O. The van der Waals surface area contributed by atoms with E-state index in [2.05, 4.69) is 33.4 Å². The molecule has 2 aromatic carbocycles. The lowest BCUT2D eigenvalue weighted by molar-refractivity contribution is -0.131. The molecule has 34 heavy (non-hydrogen) atoms. The van der Waals surface area contributed by atoms with E-state index in [1.807, 2.05) is 35.4 Å². The van der Waals surface area contributed by atoms with E-state index < -0.39 is 0 Å². The van der Waals surface area contributed by atoms with E-state index in [1.165, 1.54) is 0 Å². The predicted molar refractivity (Wildman–Crippen MR) is 129 cm³/mol. The van der Waals surface area contributed by atoms with Gasteiger partial charge in [-0.2, -0.15) is 5.10 Å². The lowest BCUT2D eigenvalue weighted by atomic mass is 10.0. The molecule has 4 aromatic rings. The van der Waals surface area contributed by atoms with Crippen molar-refractivity contribution in [1.82, 2.24) is 24.6 Å². The molecule has 2 fully saturated rings. The average molecular weight is 458 g/mol. The Morgan fingerprint density at radius 2 is 1.94 bits per heavy atom. The normalized spacial score (nSPS) is 18.0. The van der Waals surface area contributed by atoms with Gasteiger partial charge in [0.05, 0.1) is 12.8 Å². The fourth-order valence-electron chi connectivity index (χ4n) is 5.04. The third kappa shape index (κ3) is 3.69. The van der Waals surface area contributed by atoms with Crippen LogP contribution in [-0.4, -0.2) is 50.8 Å². The second kappa shape index (κ2) is 8.20. The fourth-order valence-corrected chi connectivity index (χ4v) is 5.04. The number of aromatic nitrogens is 4. The van der Waals surface area contributed by atoms with Crippen molar-refractivity contribution in [3.05, 3.63) is 65.0 Å². The van der Waals surface area contributed by atoms with E-state index in [4.69, 9.17) is 4.74 Å². The van der Waals surface area contributed by atoms with Crippen LogP contribution in [0.15, 0.2) is 53.5 Å². The highest BCUT2D eigenvalue weighted by Crippen LogP contribution is 2.34. The van der Waals surface area contributed by atoms with E-state index in [0.717, 1.165) is 54.4 Å². The molecule has 1 unspecified atom stereocenters. The molecule has 1 aliphatic heterocycles. The number of likely N-dealkylation sites (tertiary alicyclic amines) is 1. The molecule has 2 aliphatic rings. The van der Waals surface area contributed by atoms with Crippen LogP contribution in [0.1, 0.15) is 25.1 Å². The molecule has 0 spiro atoms. The van der Waals surface area contributed by atoms with Gasteiger partial charge in [0.15, 0.2) is 0 Å². The summed E-state index contributed by atoms with van der Waals surface area (Å²) >= 11 is 0. The van der Waals surface area contributed by atoms with Gasteiger partial charge in [-0.25, -0.2) is 14.5 Å². The number of nitrogens with zero attached hydrogens (tertiary/aromatic N) is 3. The number of carbonyl (C=O) groups is 1. The van der Waals surface area contributed by atoms with Crippen LogP contribution >= 0.6 is 0 Å². The highest BCUT2D eigenvalue weighted by atomic mass is 16.5. The van der Waals surface area contributed by atoms with Gasteiger partial charge in [-0.3, -0.25) is 4.79 Å². The number of benzene rings is 2. The molecule has 1 aliphatic carbocycles. The first-order chi connectivity index (χ1) is 16.6. The standard InChI is InChI=1S/C26H27N5O3/c1-34-23-14-19(18-4-6-21-20(13-18)8-10-27-21)5-7-22(23)31-24(28-29-26(31)33)12-16-9-11-30(15-16)25(32)17-2-3-17/h4-8,10,13-14,16-17,27H,2-3,9,11-12,15H2,1H3,(H,29,33). The van der Waals surface area contributed by atoms with E-state index in [-0.39, 0.29) is 23.4 Å². The van der Waals surface area contributed by atoms with Crippen LogP contribution in [0, 0.1) is 11.8 Å². The number of aromatic amines is 2. The smallest absolute Gasteiger partial charge is 0.348 e. The molecule has 1 amide bonds. The van der Waals surface area contributed by atoms with Gasteiger partial charge < -0.3 is 14.6 Å². The first-order valence-corrected chi connectivity index (χ1v) is 11.8. The molecule has 1 saturated heterocycles. The first kappa shape index (κ1) is 20.8. The van der Waals surface area contributed by atoms with Crippen LogP contribution in [0.3, 0.4) is 0 Å². The van der Waals surface area contributed by atoms with Crippen molar-refractivity contribution in [2.24, 2.45) is 11.8 Å². The zero-order chi connectivity index (χ0) is 23.2. The summed E-state index contributed by atoms with van der Waals surface area (Å²) in [5, 5.41) is 8.06. The van der Waals surface area contributed by atoms with Crippen molar-refractivity contribution in [3.8, 4) is 22.6 Å². The molecule has 0 bridgehead atoms. The summed E-state index contributed by atoms with van der Waals surface area (Å²) in [7, 11) is 1.61. The first-order valence-electron chi connectivity index (χ1n) is 11.8. The van der Waals surface area contributed by atoms with Crippen LogP contribution < -0.4 is 10.4 Å². The Morgan fingerprint density at radius 3 is 2.76 bits per heavy atom. The third-order valence-electron chi connectivity index (χ3n) is 7.04. The molecule has 3 heterocycles. The van der Waals surface area contributed by atoms with Gasteiger partial charge in [-0.15, -0.1) is 0 Å². The lowest BCUT2D eigenvalue weighted by Gasteiger charge is -2.17. The van der Waals surface area contributed by atoms with Gasteiger partial charge >= 0.3 is 5.69 Å². The Bertz CT molecular complexity index is 1430. The summed E-state index contributed by atoms with van der Waals surface area (Å²) in [5.41, 5.74) is 3.53. The quantitative estimate of drug-likeness (QED) is 0.463. The number of hydrogen-bond donors (Lipinski definition) is 2. The second-order valence-electron chi connectivity index (χ2n) is 9.36.